The summed E-state index contributed by atoms with van der Waals surface area (Å²) in [5.41, 5.74) is 14.6. The topological polar surface area (TPSA) is 9.72 Å². The lowest BCUT2D eigenvalue weighted by Crippen LogP contribution is -2.60. The summed E-state index contributed by atoms with van der Waals surface area (Å²) < 4.78 is 1.43. The Labute approximate surface area is 281 Å². The lowest BCUT2D eigenvalue weighted by molar-refractivity contribution is 0.195. The molecule has 47 heavy (non-hydrogen) atoms. The van der Waals surface area contributed by atoms with Gasteiger partial charge in [0.2, 0.25) is 0 Å². The van der Waals surface area contributed by atoms with Crippen LogP contribution in [0.25, 0.3) is 0 Å². The lowest BCUT2D eigenvalue weighted by Gasteiger charge is -2.50. The van der Waals surface area contributed by atoms with Crippen molar-refractivity contribution >= 4 is 79.3 Å². The average Bonchev–Trinajstić information content (AvgIpc) is 3.67. The van der Waals surface area contributed by atoms with Crippen LogP contribution in [0, 0.1) is 0 Å². The van der Waals surface area contributed by atoms with Gasteiger partial charge in [-0.1, -0.05) is 86.5 Å². The molecule has 5 aromatic carbocycles. The Balaban J connectivity index is 1.29. The van der Waals surface area contributed by atoms with Crippen LogP contribution in [0.4, 0.5) is 45.5 Å². The maximum Gasteiger partial charge on any atom is 0.264 e. The Hall–Kier alpha value is -4.74. The first-order chi connectivity index (χ1) is 23.1. The first kappa shape index (κ1) is 27.4. The molecule has 1 aliphatic carbocycles. The molecule has 3 aliphatic heterocycles. The largest absolute Gasteiger partial charge is 0.334 e. The molecule has 228 valence electrons. The minimum Gasteiger partial charge on any atom is -0.334 e. The summed E-state index contributed by atoms with van der Waals surface area (Å²) in [5.74, 6) is 0. The van der Waals surface area contributed by atoms with E-state index in [0.29, 0.717) is 0 Å². The van der Waals surface area contributed by atoms with Crippen molar-refractivity contribution in [3.63, 3.8) is 0 Å². The number of nitrogens with zero attached hydrogens (tertiary/aromatic N) is 3. The van der Waals surface area contributed by atoms with Crippen LogP contribution < -0.4 is 30.4 Å². The van der Waals surface area contributed by atoms with Crippen LogP contribution in [0.3, 0.4) is 0 Å². The van der Waals surface area contributed by atoms with Crippen molar-refractivity contribution < 1.29 is 0 Å². The number of rotatable bonds is 3. The Morgan fingerprint density at radius 3 is 1.83 bits per heavy atom. The molecule has 1 fully saturated rings. The molecular formula is C42H36BN3S. The molecule has 0 N–H and O–H groups in total. The molecule has 0 spiro atoms. The number of hydrogen-bond donors (Lipinski definition) is 0. The van der Waals surface area contributed by atoms with Crippen LogP contribution >= 0.6 is 11.3 Å². The lowest BCUT2D eigenvalue weighted by atomic mass is 9.36. The molecule has 0 radical (unpaired) electrons. The summed E-state index contributed by atoms with van der Waals surface area (Å²) in [5, 5.41) is 2.29. The average molecular weight is 626 g/mol. The van der Waals surface area contributed by atoms with E-state index in [1.165, 1.54) is 92.4 Å². The second-order valence-corrected chi connectivity index (χ2v) is 15.0. The van der Waals surface area contributed by atoms with Gasteiger partial charge >= 0.3 is 0 Å². The molecular weight excluding hydrogens is 589 g/mol. The molecule has 5 heteroatoms. The van der Waals surface area contributed by atoms with Crippen molar-refractivity contribution in [2.75, 3.05) is 14.7 Å². The van der Waals surface area contributed by atoms with Gasteiger partial charge in [0.15, 0.2) is 0 Å². The molecule has 1 saturated carbocycles. The highest BCUT2D eigenvalue weighted by Crippen LogP contribution is 2.61. The van der Waals surface area contributed by atoms with Crippen LogP contribution in [0.2, 0.25) is 0 Å². The summed E-state index contributed by atoms with van der Waals surface area (Å²) in [6, 6.07) is 47.5. The highest BCUT2D eigenvalue weighted by atomic mass is 32.1. The summed E-state index contributed by atoms with van der Waals surface area (Å²) in [6.07, 6.45) is 4.94. The van der Waals surface area contributed by atoms with E-state index in [-0.39, 0.29) is 17.7 Å². The highest BCUT2D eigenvalue weighted by molar-refractivity contribution is 7.28. The Morgan fingerprint density at radius 2 is 1.17 bits per heavy atom. The summed E-state index contributed by atoms with van der Waals surface area (Å²) in [6.45, 7) is 5.27. The third kappa shape index (κ3) is 3.58. The summed E-state index contributed by atoms with van der Waals surface area (Å²) >= 11 is 1.90. The van der Waals surface area contributed by atoms with Gasteiger partial charge in [0, 0.05) is 50.0 Å². The third-order valence-corrected chi connectivity index (χ3v) is 12.8. The van der Waals surface area contributed by atoms with Crippen molar-refractivity contribution in [2.45, 2.75) is 50.5 Å². The van der Waals surface area contributed by atoms with Crippen molar-refractivity contribution in [1.82, 2.24) is 0 Å². The van der Waals surface area contributed by atoms with Crippen LogP contribution in [-0.2, 0) is 5.41 Å². The van der Waals surface area contributed by atoms with Gasteiger partial charge in [0.05, 0.1) is 11.2 Å². The van der Waals surface area contributed by atoms with E-state index in [0.717, 1.165) is 0 Å². The molecule has 4 heterocycles. The molecule has 3 nitrogen and oxygen atoms in total. The predicted molar refractivity (Wildman–Crippen MR) is 201 cm³/mol. The molecule has 10 rings (SSSR count). The van der Waals surface area contributed by atoms with E-state index in [1.807, 2.05) is 11.3 Å². The molecule has 6 aromatic rings. The van der Waals surface area contributed by atoms with E-state index >= 15 is 0 Å². The van der Waals surface area contributed by atoms with Crippen LogP contribution in [0.1, 0.15) is 45.1 Å². The normalized spacial score (nSPS) is 21.9. The fourth-order valence-corrected chi connectivity index (χ4v) is 10.5. The van der Waals surface area contributed by atoms with Crippen molar-refractivity contribution in [3.8, 4) is 0 Å². The first-order valence-corrected chi connectivity index (χ1v) is 17.9. The van der Waals surface area contributed by atoms with Crippen LogP contribution in [-0.4, -0.2) is 12.3 Å². The summed E-state index contributed by atoms with van der Waals surface area (Å²) in [4.78, 5) is 7.74. The third-order valence-electron chi connectivity index (χ3n) is 11.9. The Kier molecular flexibility index (Phi) is 5.76. The van der Waals surface area contributed by atoms with Gasteiger partial charge in [-0.2, -0.15) is 11.3 Å². The number of hydrogen-bond acceptors (Lipinski definition) is 4. The SMILES string of the molecule is CC12CCCCC1(C)N(c1ccccc1)c1cc3c(cc12)B1c2sccc2N(c2ccccc2)c2cccc(c21)N3c1ccccc1. The zero-order chi connectivity index (χ0) is 31.3. The maximum atomic E-state index is 2.71. The zero-order valence-corrected chi connectivity index (χ0v) is 27.7. The van der Waals surface area contributed by atoms with E-state index in [9.17, 15) is 0 Å². The first-order valence-electron chi connectivity index (χ1n) is 17.0. The zero-order valence-electron chi connectivity index (χ0n) is 26.9. The van der Waals surface area contributed by atoms with Crippen molar-refractivity contribution in [3.05, 3.63) is 138 Å². The molecule has 0 amide bonds. The molecule has 2 atom stereocenters. The fourth-order valence-electron chi connectivity index (χ4n) is 9.53. The minimum atomic E-state index is -0.000756. The van der Waals surface area contributed by atoms with Gasteiger partial charge in [-0.3, -0.25) is 0 Å². The van der Waals surface area contributed by atoms with E-state index < -0.39 is 0 Å². The monoisotopic (exact) mass is 625 g/mol. The van der Waals surface area contributed by atoms with Gasteiger partial charge in [0.25, 0.3) is 6.71 Å². The smallest absolute Gasteiger partial charge is 0.264 e. The number of anilines is 8. The fraction of sp³-hybridized carbons (Fsp3) is 0.190. The predicted octanol–water partition coefficient (Wildman–Crippen LogP) is 9.57. The van der Waals surface area contributed by atoms with Crippen LogP contribution in [0.15, 0.2) is 133 Å². The molecule has 0 bridgehead atoms. The number of thiophene rings is 1. The molecule has 2 unspecified atom stereocenters. The van der Waals surface area contributed by atoms with Gasteiger partial charge in [0.1, 0.15) is 0 Å². The molecule has 4 aliphatic rings. The van der Waals surface area contributed by atoms with E-state index in [2.05, 4.69) is 161 Å². The maximum absolute atomic E-state index is 2.71. The molecule has 1 aromatic heterocycles. The quantitative estimate of drug-likeness (QED) is 0.181. The van der Waals surface area contributed by atoms with Crippen molar-refractivity contribution in [2.24, 2.45) is 0 Å². The minimum absolute atomic E-state index is 0.000756. The Bertz CT molecular complexity index is 2160. The van der Waals surface area contributed by atoms with E-state index in [1.54, 1.807) is 0 Å². The molecule has 0 saturated heterocycles. The van der Waals surface area contributed by atoms with Crippen LogP contribution in [0.5, 0.6) is 0 Å². The van der Waals surface area contributed by atoms with Crippen molar-refractivity contribution in [1.29, 1.82) is 0 Å². The second-order valence-electron chi connectivity index (χ2n) is 14.1. The standard InChI is InChI=1S/C42H36BN3S/c1-41-24-12-13-25-42(41,2)46(31-19-10-5-11-20-31)37-28-38-33(27-32(37)41)43-39-34(21-14-22-35(39)45(38)30-17-8-4-9-18-30)44(29-15-6-3-7-16-29)36-23-26-47-40(36)43/h3-11,14-23,26-28H,12-13,24-25H2,1-2H3. The number of fused-ring (bicyclic) bond motifs is 7. The summed E-state index contributed by atoms with van der Waals surface area (Å²) in [7, 11) is 0. The highest BCUT2D eigenvalue weighted by Gasteiger charge is 2.58. The second kappa shape index (κ2) is 9.89. The Morgan fingerprint density at radius 1 is 0.574 bits per heavy atom. The van der Waals surface area contributed by atoms with Gasteiger partial charge in [-0.05, 0) is 102 Å². The number of benzene rings is 5. The van der Waals surface area contributed by atoms with Gasteiger partial charge < -0.3 is 14.7 Å². The number of para-hydroxylation sites is 3. The van der Waals surface area contributed by atoms with E-state index in [4.69, 9.17) is 0 Å². The van der Waals surface area contributed by atoms with Gasteiger partial charge in [-0.25, -0.2) is 0 Å². The van der Waals surface area contributed by atoms with Gasteiger partial charge in [-0.15, -0.1) is 0 Å².